The zero-order chi connectivity index (χ0) is 27.6. The number of anilines is 1. The Hall–Kier alpha value is -5.71. The van der Waals surface area contributed by atoms with E-state index >= 15 is 4.39 Å². The molecule has 0 saturated carbocycles. The fourth-order valence-electron chi connectivity index (χ4n) is 4.14. The number of ether oxygens (including phenoxy) is 1. The lowest BCUT2D eigenvalue weighted by atomic mass is 10.0. The van der Waals surface area contributed by atoms with Crippen molar-refractivity contribution >= 4 is 22.5 Å². The standard InChI is InChI=1S/C29H18F2N6O3/c30-19-1-4-21(5-2-19)37-29(39)22(9-12-34-37)28(38)35-20-3-6-26(24(31)14-20)40-27-13-18-16-33-36-25(18)15-23(27)17-7-10-32-11-8-17/h1-16H,(H,33,36)(H,35,38). The average molecular weight is 536 g/mol. The average Bonchev–Trinajstić information content (AvgIpc) is 3.43. The summed E-state index contributed by atoms with van der Waals surface area (Å²) >= 11 is 0. The number of hydrogen-bond acceptors (Lipinski definition) is 6. The molecule has 6 aromatic rings. The first-order valence-corrected chi connectivity index (χ1v) is 12.0. The van der Waals surface area contributed by atoms with Crippen molar-refractivity contribution in [2.45, 2.75) is 0 Å². The Bertz CT molecular complexity index is 1920. The number of benzene rings is 3. The van der Waals surface area contributed by atoms with Crippen LogP contribution in [0, 0.1) is 11.6 Å². The van der Waals surface area contributed by atoms with Crippen LogP contribution in [0.5, 0.6) is 11.5 Å². The van der Waals surface area contributed by atoms with Crippen molar-refractivity contribution in [2.75, 3.05) is 5.32 Å². The van der Waals surface area contributed by atoms with Crippen LogP contribution >= 0.6 is 0 Å². The molecule has 3 aromatic heterocycles. The first kappa shape index (κ1) is 24.6. The second kappa shape index (κ2) is 10.2. The van der Waals surface area contributed by atoms with Crippen molar-refractivity contribution in [3.05, 3.63) is 125 Å². The molecular weight excluding hydrogens is 518 g/mol. The van der Waals surface area contributed by atoms with Gasteiger partial charge in [0.05, 0.1) is 17.4 Å². The molecule has 0 aliphatic rings. The lowest BCUT2D eigenvalue weighted by Crippen LogP contribution is -2.29. The quantitative estimate of drug-likeness (QED) is 0.291. The third-order valence-electron chi connectivity index (χ3n) is 6.10. The summed E-state index contributed by atoms with van der Waals surface area (Å²) in [5, 5.41) is 14.2. The van der Waals surface area contributed by atoms with Gasteiger partial charge in [-0.3, -0.25) is 19.7 Å². The smallest absolute Gasteiger partial charge is 0.284 e. The zero-order valence-corrected chi connectivity index (χ0v) is 20.5. The maximum Gasteiger partial charge on any atom is 0.284 e. The van der Waals surface area contributed by atoms with E-state index in [0.717, 1.165) is 27.2 Å². The van der Waals surface area contributed by atoms with Gasteiger partial charge in [-0.25, -0.2) is 8.78 Å². The Labute approximate surface area is 224 Å². The molecule has 11 heteroatoms. The Morgan fingerprint density at radius 1 is 0.900 bits per heavy atom. The van der Waals surface area contributed by atoms with Crippen LogP contribution in [0.25, 0.3) is 27.7 Å². The largest absolute Gasteiger partial charge is 0.454 e. The van der Waals surface area contributed by atoms with Crippen LogP contribution in [0.15, 0.2) is 102 Å². The molecule has 0 atom stereocenters. The molecule has 0 aliphatic carbocycles. The number of halogens is 2. The van der Waals surface area contributed by atoms with Crippen LogP contribution in [0.4, 0.5) is 14.5 Å². The minimum Gasteiger partial charge on any atom is -0.454 e. The number of nitrogens with one attached hydrogen (secondary N) is 2. The molecule has 3 heterocycles. The number of carbonyl (C=O) groups is 1. The summed E-state index contributed by atoms with van der Waals surface area (Å²) in [6.07, 6.45) is 6.20. The van der Waals surface area contributed by atoms with Crippen molar-refractivity contribution in [2.24, 2.45) is 0 Å². The van der Waals surface area contributed by atoms with Gasteiger partial charge in [-0.15, -0.1) is 0 Å². The van der Waals surface area contributed by atoms with Crippen molar-refractivity contribution in [1.82, 2.24) is 25.0 Å². The molecule has 0 bridgehead atoms. The number of H-pyrrole nitrogens is 1. The first-order chi connectivity index (χ1) is 19.5. The first-order valence-electron chi connectivity index (χ1n) is 12.0. The minimum absolute atomic E-state index is 0.0706. The molecule has 9 nitrogen and oxygen atoms in total. The number of aromatic nitrogens is 5. The van der Waals surface area contributed by atoms with Gasteiger partial charge in [0.2, 0.25) is 0 Å². The molecule has 6 rings (SSSR count). The normalized spacial score (nSPS) is 10.9. The second-order valence-corrected chi connectivity index (χ2v) is 8.68. The lowest BCUT2D eigenvalue weighted by Gasteiger charge is -2.13. The molecule has 0 spiro atoms. The van der Waals surface area contributed by atoms with E-state index in [-0.39, 0.29) is 22.7 Å². The predicted molar refractivity (Wildman–Crippen MR) is 144 cm³/mol. The van der Waals surface area contributed by atoms with Crippen molar-refractivity contribution in [3.63, 3.8) is 0 Å². The Morgan fingerprint density at radius 2 is 1.70 bits per heavy atom. The maximum atomic E-state index is 15.2. The van der Waals surface area contributed by atoms with Gasteiger partial charge in [0.1, 0.15) is 17.1 Å². The highest BCUT2D eigenvalue weighted by molar-refractivity contribution is 6.04. The molecule has 0 radical (unpaired) electrons. The Kier molecular flexibility index (Phi) is 6.29. The molecule has 0 aliphatic heterocycles. The topological polar surface area (TPSA) is 115 Å². The summed E-state index contributed by atoms with van der Waals surface area (Å²) in [6.45, 7) is 0. The van der Waals surface area contributed by atoms with Crippen LogP contribution in [0.1, 0.15) is 10.4 Å². The molecule has 0 fully saturated rings. The van der Waals surface area contributed by atoms with E-state index in [1.165, 1.54) is 48.7 Å². The van der Waals surface area contributed by atoms with Gasteiger partial charge in [-0.05, 0) is 72.3 Å². The van der Waals surface area contributed by atoms with E-state index in [4.69, 9.17) is 4.74 Å². The van der Waals surface area contributed by atoms with Gasteiger partial charge >= 0.3 is 0 Å². The Morgan fingerprint density at radius 3 is 2.48 bits per heavy atom. The summed E-state index contributed by atoms with van der Waals surface area (Å²) in [4.78, 5) is 29.8. The lowest BCUT2D eigenvalue weighted by molar-refractivity contribution is 0.102. The van der Waals surface area contributed by atoms with Crippen LogP contribution in [-0.2, 0) is 0 Å². The van der Waals surface area contributed by atoms with Crippen LogP contribution in [0.3, 0.4) is 0 Å². The van der Waals surface area contributed by atoms with E-state index in [9.17, 15) is 14.0 Å². The molecule has 1 amide bonds. The van der Waals surface area contributed by atoms with Gasteiger partial charge in [0.25, 0.3) is 11.5 Å². The highest BCUT2D eigenvalue weighted by Gasteiger charge is 2.17. The van der Waals surface area contributed by atoms with Crippen LogP contribution in [0.2, 0.25) is 0 Å². The molecule has 0 saturated heterocycles. The molecular formula is C29H18F2N6O3. The molecule has 2 N–H and O–H groups in total. The summed E-state index contributed by atoms with van der Waals surface area (Å²) in [5.41, 5.74) is 1.75. The van der Waals surface area contributed by atoms with Crippen LogP contribution < -0.4 is 15.6 Å². The Balaban J connectivity index is 1.26. The number of carbonyl (C=O) groups excluding carboxylic acids is 1. The minimum atomic E-state index is -0.762. The van der Waals surface area contributed by atoms with E-state index in [1.807, 2.05) is 18.2 Å². The number of aromatic amines is 1. The molecule has 40 heavy (non-hydrogen) atoms. The van der Waals surface area contributed by atoms with Gasteiger partial charge in [0.15, 0.2) is 11.6 Å². The predicted octanol–water partition coefficient (Wildman–Crippen LogP) is 5.49. The monoisotopic (exact) mass is 536 g/mol. The molecule has 196 valence electrons. The number of fused-ring (bicyclic) bond motifs is 1. The number of amides is 1. The van der Waals surface area contributed by atoms with Crippen molar-refractivity contribution < 1.29 is 18.3 Å². The van der Waals surface area contributed by atoms with E-state index in [0.29, 0.717) is 11.3 Å². The summed E-state index contributed by atoms with van der Waals surface area (Å²) in [7, 11) is 0. The van der Waals surface area contributed by atoms with Gasteiger partial charge < -0.3 is 10.1 Å². The zero-order valence-electron chi connectivity index (χ0n) is 20.5. The van der Waals surface area contributed by atoms with Gasteiger partial charge in [0, 0.05) is 41.3 Å². The van der Waals surface area contributed by atoms with Gasteiger partial charge in [-0.1, -0.05) is 0 Å². The van der Waals surface area contributed by atoms with Crippen molar-refractivity contribution in [3.8, 4) is 28.3 Å². The summed E-state index contributed by atoms with van der Waals surface area (Å²) in [5.74, 6) is -1.64. The molecule has 3 aromatic carbocycles. The second-order valence-electron chi connectivity index (χ2n) is 8.68. The number of pyridine rings is 1. The number of nitrogens with zero attached hydrogens (tertiary/aromatic N) is 4. The van der Waals surface area contributed by atoms with Crippen LogP contribution in [-0.4, -0.2) is 30.9 Å². The fourth-order valence-corrected chi connectivity index (χ4v) is 4.14. The summed E-state index contributed by atoms with van der Waals surface area (Å²) < 4.78 is 35.4. The van der Waals surface area contributed by atoms with E-state index < -0.39 is 23.1 Å². The number of hydrogen-bond donors (Lipinski definition) is 2. The third-order valence-corrected chi connectivity index (χ3v) is 6.10. The van der Waals surface area contributed by atoms with Gasteiger partial charge in [-0.2, -0.15) is 14.9 Å². The maximum absolute atomic E-state index is 15.2. The fraction of sp³-hybridized carbons (Fsp3) is 0. The highest BCUT2D eigenvalue weighted by Crippen LogP contribution is 2.37. The van der Waals surface area contributed by atoms with E-state index in [1.54, 1.807) is 24.7 Å². The summed E-state index contributed by atoms with van der Waals surface area (Å²) in [6, 6.07) is 17.5. The molecule has 0 unspecified atom stereocenters. The highest BCUT2D eigenvalue weighted by atomic mass is 19.1. The SMILES string of the molecule is O=C(Nc1ccc(Oc2cc3cn[nH]c3cc2-c2ccncc2)c(F)c1)c1ccnn(-c2ccc(F)cc2)c1=O. The van der Waals surface area contributed by atoms with E-state index in [2.05, 4.69) is 25.6 Å². The number of rotatable bonds is 6. The third kappa shape index (κ3) is 4.78. The van der Waals surface area contributed by atoms with Crippen molar-refractivity contribution in [1.29, 1.82) is 0 Å².